The van der Waals surface area contributed by atoms with E-state index in [1.54, 1.807) is 0 Å². The molecule has 0 bridgehead atoms. The lowest BCUT2D eigenvalue weighted by Crippen LogP contribution is -2.30. The number of rotatable bonds is 5. The van der Waals surface area contributed by atoms with E-state index in [1.807, 2.05) is 30.3 Å². The SMILES string of the molecule is CCCCCOC(=O)NC1Cc2ccccc2Nc2ccccc21. The summed E-state index contributed by atoms with van der Waals surface area (Å²) in [7, 11) is 0. The molecule has 0 saturated carbocycles. The van der Waals surface area contributed by atoms with Crippen LogP contribution in [0.3, 0.4) is 0 Å². The van der Waals surface area contributed by atoms with Crippen LogP contribution in [-0.4, -0.2) is 12.7 Å². The van der Waals surface area contributed by atoms with E-state index in [0.29, 0.717) is 6.61 Å². The van der Waals surface area contributed by atoms with Crippen LogP contribution in [-0.2, 0) is 11.2 Å². The molecular weight excluding hydrogens is 300 g/mol. The van der Waals surface area contributed by atoms with Gasteiger partial charge in [-0.2, -0.15) is 0 Å². The number of unbranched alkanes of at least 4 members (excludes halogenated alkanes) is 2. The van der Waals surface area contributed by atoms with Crippen molar-refractivity contribution in [2.45, 2.75) is 38.6 Å². The molecule has 1 aliphatic heterocycles. The molecule has 126 valence electrons. The Morgan fingerprint density at radius 2 is 1.88 bits per heavy atom. The molecule has 0 radical (unpaired) electrons. The standard InChI is InChI=1S/C20H24N2O2/c1-2-3-8-13-24-20(23)22-19-14-15-9-4-6-11-17(15)21-18-12-7-5-10-16(18)19/h4-7,9-12,19,21H,2-3,8,13-14H2,1H3,(H,22,23). The van der Waals surface area contributed by atoms with Gasteiger partial charge in [-0.15, -0.1) is 0 Å². The molecule has 1 amide bonds. The number of amides is 1. The Hall–Kier alpha value is -2.49. The zero-order valence-electron chi connectivity index (χ0n) is 14.0. The number of carbonyl (C=O) groups is 1. The highest BCUT2D eigenvalue weighted by molar-refractivity contribution is 5.72. The summed E-state index contributed by atoms with van der Waals surface area (Å²) >= 11 is 0. The number of benzene rings is 2. The number of fused-ring (bicyclic) bond motifs is 2. The maximum absolute atomic E-state index is 12.2. The Morgan fingerprint density at radius 3 is 2.71 bits per heavy atom. The van der Waals surface area contributed by atoms with Crippen molar-refractivity contribution in [1.82, 2.24) is 5.32 Å². The van der Waals surface area contributed by atoms with Gasteiger partial charge in [0.05, 0.1) is 12.6 Å². The van der Waals surface area contributed by atoms with Crippen LogP contribution in [0.2, 0.25) is 0 Å². The summed E-state index contributed by atoms with van der Waals surface area (Å²) in [4.78, 5) is 12.2. The van der Waals surface area contributed by atoms with E-state index in [0.717, 1.165) is 42.6 Å². The van der Waals surface area contributed by atoms with Gasteiger partial charge in [0.2, 0.25) is 0 Å². The Balaban J connectivity index is 1.75. The van der Waals surface area contributed by atoms with Gasteiger partial charge in [0, 0.05) is 11.4 Å². The highest BCUT2D eigenvalue weighted by atomic mass is 16.5. The van der Waals surface area contributed by atoms with Crippen molar-refractivity contribution in [2.24, 2.45) is 0 Å². The van der Waals surface area contributed by atoms with Crippen molar-refractivity contribution in [3.05, 3.63) is 59.7 Å². The summed E-state index contributed by atoms with van der Waals surface area (Å²) < 4.78 is 5.32. The fourth-order valence-electron chi connectivity index (χ4n) is 3.04. The summed E-state index contributed by atoms with van der Waals surface area (Å²) in [6.45, 7) is 2.61. The predicted octanol–water partition coefficient (Wildman–Crippen LogP) is 4.94. The Morgan fingerprint density at radius 1 is 1.12 bits per heavy atom. The number of hydrogen-bond acceptors (Lipinski definition) is 3. The molecule has 1 heterocycles. The van der Waals surface area contributed by atoms with Crippen LogP contribution in [0.5, 0.6) is 0 Å². The van der Waals surface area contributed by atoms with Crippen LogP contribution >= 0.6 is 0 Å². The lowest BCUT2D eigenvalue weighted by Gasteiger charge is -2.19. The van der Waals surface area contributed by atoms with E-state index in [1.165, 1.54) is 5.56 Å². The van der Waals surface area contributed by atoms with Gasteiger partial charge < -0.3 is 15.4 Å². The molecule has 4 heteroatoms. The zero-order valence-corrected chi connectivity index (χ0v) is 14.0. The van der Waals surface area contributed by atoms with Gasteiger partial charge in [0.1, 0.15) is 0 Å². The molecule has 2 aromatic rings. The molecule has 2 N–H and O–H groups in total. The van der Waals surface area contributed by atoms with Gasteiger partial charge in [-0.05, 0) is 36.1 Å². The molecule has 3 rings (SSSR count). The van der Waals surface area contributed by atoms with Crippen molar-refractivity contribution >= 4 is 17.5 Å². The Kier molecular flexibility index (Phi) is 5.36. The molecule has 1 aliphatic rings. The van der Waals surface area contributed by atoms with Crippen LogP contribution in [0, 0.1) is 0 Å². The first-order valence-corrected chi connectivity index (χ1v) is 8.65. The van der Waals surface area contributed by atoms with E-state index >= 15 is 0 Å². The lowest BCUT2D eigenvalue weighted by molar-refractivity contribution is 0.140. The number of alkyl carbamates (subject to hydrolysis) is 1. The van der Waals surface area contributed by atoms with Gasteiger partial charge >= 0.3 is 6.09 Å². The molecule has 0 fully saturated rings. The topological polar surface area (TPSA) is 50.4 Å². The minimum Gasteiger partial charge on any atom is -0.450 e. The molecule has 1 unspecified atom stereocenters. The van der Waals surface area contributed by atoms with Crippen molar-refractivity contribution < 1.29 is 9.53 Å². The van der Waals surface area contributed by atoms with Crippen molar-refractivity contribution in [2.75, 3.05) is 11.9 Å². The average molecular weight is 324 g/mol. The van der Waals surface area contributed by atoms with Gasteiger partial charge in [0.25, 0.3) is 0 Å². The quantitative estimate of drug-likeness (QED) is 0.766. The van der Waals surface area contributed by atoms with Crippen LogP contribution < -0.4 is 10.6 Å². The van der Waals surface area contributed by atoms with Gasteiger partial charge in [-0.1, -0.05) is 56.2 Å². The maximum atomic E-state index is 12.2. The fourth-order valence-corrected chi connectivity index (χ4v) is 3.04. The molecule has 0 spiro atoms. The zero-order chi connectivity index (χ0) is 16.8. The van der Waals surface area contributed by atoms with E-state index in [9.17, 15) is 4.79 Å². The van der Waals surface area contributed by atoms with Crippen molar-refractivity contribution in [3.63, 3.8) is 0 Å². The minimum atomic E-state index is -0.342. The molecule has 1 atom stereocenters. The summed E-state index contributed by atoms with van der Waals surface area (Å²) in [6.07, 6.45) is 3.50. The summed E-state index contributed by atoms with van der Waals surface area (Å²) in [5, 5.41) is 6.51. The minimum absolute atomic E-state index is 0.101. The highest BCUT2D eigenvalue weighted by Gasteiger charge is 2.23. The molecule has 0 saturated heterocycles. The number of carbonyl (C=O) groups excluding carboxylic acids is 1. The number of hydrogen-bond donors (Lipinski definition) is 2. The second-order valence-corrected chi connectivity index (χ2v) is 6.11. The molecule has 0 aliphatic carbocycles. The average Bonchev–Trinajstić information content (AvgIpc) is 2.75. The highest BCUT2D eigenvalue weighted by Crippen LogP contribution is 2.34. The van der Waals surface area contributed by atoms with E-state index in [-0.39, 0.29) is 12.1 Å². The number of ether oxygens (including phenoxy) is 1. The maximum Gasteiger partial charge on any atom is 0.407 e. The predicted molar refractivity (Wildman–Crippen MR) is 96.6 cm³/mol. The first-order chi connectivity index (χ1) is 11.8. The van der Waals surface area contributed by atoms with Gasteiger partial charge in [-0.3, -0.25) is 0 Å². The van der Waals surface area contributed by atoms with Crippen LogP contribution in [0.1, 0.15) is 43.4 Å². The summed E-state index contributed by atoms with van der Waals surface area (Å²) in [6, 6.07) is 16.2. The normalized spacial score (nSPS) is 15.5. The van der Waals surface area contributed by atoms with Crippen molar-refractivity contribution in [1.29, 1.82) is 0 Å². The smallest absolute Gasteiger partial charge is 0.407 e. The third kappa shape index (κ3) is 3.88. The van der Waals surface area contributed by atoms with E-state index < -0.39 is 0 Å². The molecule has 2 aromatic carbocycles. The second-order valence-electron chi connectivity index (χ2n) is 6.11. The van der Waals surface area contributed by atoms with Crippen LogP contribution in [0.4, 0.5) is 16.2 Å². The molecular formula is C20H24N2O2. The second kappa shape index (κ2) is 7.86. The number of anilines is 2. The first kappa shape index (κ1) is 16.4. The third-order valence-corrected chi connectivity index (χ3v) is 4.32. The van der Waals surface area contributed by atoms with E-state index in [2.05, 4.69) is 35.8 Å². The first-order valence-electron chi connectivity index (χ1n) is 8.65. The fraction of sp³-hybridized carbons (Fsp3) is 0.350. The van der Waals surface area contributed by atoms with Crippen molar-refractivity contribution in [3.8, 4) is 0 Å². The largest absolute Gasteiger partial charge is 0.450 e. The molecule has 24 heavy (non-hydrogen) atoms. The van der Waals surface area contributed by atoms with Gasteiger partial charge in [-0.25, -0.2) is 4.79 Å². The Labute approximate surface area is 143 Å². The lowest BCUT2D eigenvalue weighted by atomic mass is 9.99. The monoisotopic (exact) mass is 324 g/mol. The van der Waals surface area contributed by atoms with Gasteiger partial charge in [0.15, 0.2) is 0 Å². The van der Waals surface area contributed by atoms with E-state index in [4.69, 9.17) is 4.74 Å². The molecule has 4 nitrogen and oxygen atoms in total. The summed E-state index contributed by atoms with van der Waals surface area (Å²) in [5.74, 6) is 0. The van der Waals surface area contributed by atoms with Crippen LogP contribution in [0.15, 0.2) is 48.5 Å². The third-order valence-electron chi connectivity index (χ3n) is 4.32. The number of para-hydroxylation sites is 2. The Bertz CT molecular complexity index is 700. The summed E-state index contributed by atoms with van der Waals surface area (Å²) in [5.41, 5.74) is 4.38. The molecule has 0 aromatic heterocycles. The van der Waals surface area contributed by atoms with Crippen LogP contribution in [0.25, 0.3) is 0 Å². The number of nitrogens with one attached hydrogen (secondary N) is 2.